The third kappa shape index (κ3) is 5.80. The summed E-state index contributed by atoms with van der Waals surface area (Å²) in [6, 6.07) is 32.2. The molecule has 9 rings (SSSR count). The molecule has 4 bridgehead atoms. The van der Waals surface area contributed by atoms with Crippen LogP contribution in [0, 0.1) is 38.0 Å². The van der Waals surface area contributed by atoms with Crippen LogP contribution in [0.15, 0.2) is 109 Å². The Morgan fingerprint density at radius 1 is 0.612 bits per heavy atom. The van der Waals surface area contributed by atoms with Gasteiger partial charge >= 0.3 is 0 Å². The molecule has 244 valence electrons. The molecule has 0 spiro atoms. The van der Waals surface area contributed by atoms with Crippen molar-refractivity contribution in [1.29, 1.82) is 0 Å². The van der Waals surface area contributed by atoms with Crippen LogP contribution in [-0.4, -0.2) is 9.85 Å². The van der Waals surface area contributed by atoms with Crippen LogP contribution in [0.5, 0.6) is 11.5 Å². The first kappa shape index (κ1) is 31.1. The maximum atomic E-state index is 12.5. The van der Waals surface area contributed by atoms with Gasteiger partial charge in [0.25, 0.3) is 11.4 Å². The summed E-state index contributed by atoms with van der Waals surface area (Å²) < 4.78 is 18.7. The molecule has 0 saturated heterocycles. The van der Waals surface area contributed by atoms with Crippen LogP contribution in [0.3, 0.4) is 0 Å². The molecule has 0 aromatic heterocycles. The number of non-ortho nitro benzene ring substituents is 2. The van der Waals surface area contributed by atoms with Gasteiger partial charge in [-0.25, -0.2) is 0 Å². The van der Waals surface area contributed by atoms with Gasteiger partial charge < -0.3 is 4.74 Å². The first-order valence-corrected chi connectivity index (χ1v) is 17.5. The van der Waals surface area contributed by atoms with Crippen LogP contribution in [0.2, 0.25) is 0 Å². The second kappa shape index (κ2) is 12.4. The van der Waals surface area contributed by atoms with Crippen molar-refractivity contribution < 1.29 is 19.1 Å². The van der Waals surface area contributed by atoms with E-state index in [2.05, 4.69) is 24.3 Å². The molecule has 4 aliphatic carbocycles. The number of benzene rings is 5. The lowest BCUT2D eigenvalue weighted by molar-refractivity contribution is -0.385. The van der Waals surface area contributed by atoms with Crippen molar-refractivity contribution >= 4 is 25.1 Å². The van der Waals surface area contributed by atoms with Gasteiger partial charge in [-0.15, -0.1) is 0 Å². The summed E-state index contributed by atoms with van der Waals surface area (Å²) in [6.07, 6.45) is 8.21. The monoisotopic (exact) mass is 668 g/mol. The maximum absolute atomic E-state index is 12.5. The molecule has 8 nitrogen and oxygen atoms in total. The Hall–Kier alpha value is -5.20. The fourth-order valence-corrected chi connectivity index (χ4v) is 9.70. The molecular formula is C40H33N2O6P. The number of hydrogen-bond acceptors (Lipinski definition) is 6. The number of nitro benzene ring substituents is 2. The molecule has 0 N–H and O–H groups in total. The van der Waals surface area contributed by atoms with Gasteiger partial charge in [0, 0.05) is 29.8 Å². The van der Waals surface area contributed by atoms with Crippen molar-refractivity contribution in [2.75, 3.05) is 0 Å². The van der Waals surface area contributed by atoms with Crippen LogP contribution < -0.4 is 10.0 Å². The SMILES string of the molecule is O=Pc1ccc(-c2ccc(Oc3ccc(C45CC6CC(CC(C6)C4)C5)cc3)cc2)c(-c2cccc([N+](=O)[O-])c2)c1-c1cccc([N+](=O)[O-])c1. The van der Waals surface area contributed by atoms with Crippen molar-refractivity contribution in [2.24, 2.45) is 17.8 Å². The number of rotatable bonds is 9. The van der Waals surface area contributed by atoms with Gasteiger partial charge in [0.2, 0.25) is 0 Å². The average molecular weight is 669 g/mol. The molecule has 0 unspecified atom stereocenters. The molecule has 4 saturated carbocycles. The molecule has 0 amide bonds. The highest BCUT2D eigenvalue weighted by atomic mass is 31.1. The highest BCUT2D eigenvalue weighted by Crippen LogP contribution is 2.60. The van der Waals surface area contributed by atoms with Crippen LogP contribution in [0.4, 0.5) is 11.4 Å². The van der Waals surface area contributed by atoms with E-state index in [0.29, 0.717) is 38.7 Å². The van der Waals surface area contributed by atoms with Gasteiger partial charge in [0.1, 0.15) is 11.5 Å². The van der Waals surface area contributed by atoms with Crippen molar-refractivity contribution in [3.8, 4) is 44.9 Å². The molecule has 0 atom stereocenters. The average Bonchev–Trinajstić information content (AvgIpc) is 3.11. The summed E-state index contributed by atoms with van der Waals surface area (Å²) in [5.74, 6) is 4.09. The minimum absolute atomic E-state index is 0.100. The molecule has 5 aromatic carbocycles. The molecule has 49 heavy (non-hydrogen) atoms. The first-order chi connectivity index (χ1) is 23.8. The van der Waals surface area contributed by atoms with Gasteiger partial charge in [-0.3, -0.25) is 24.8 Å². The molecule has 0 radical (unpaired) electrons. The highest BCUT2D eigenvalue weighted by molar-refractivity contribution is 7.34. The second-order valence-corrected chi connectivity index (χ2v) is 14.6. The molecule has 4 fully saturated rings. The van der Waals surface area contributed by atoms with Crippen LogP contribution in [0.25, 0.3) is 33.4 Å². The largest absolute Gasteiger partial charge is 0.457 e. The highest BCUT2D eigenvalue weighted by Gasteiger charge is 2.51. The van der Waals surface area contributed by atoms with Crippen molar-refractivity contribution in [1.82, 2.24) is 0 Å². The van der Waals surface area contributed by atoms with E-state index in [1.807, 2.05) is 30.3 Å². The number of ether oxygens (including phenoxy) is 1. The lowest BCUT2D eigenvalue weighted by atomic mass is 9.48. The van der Waals surface area contributed by atoms with Gasteiger partial charge in [0.05, 0.1) is 15.2 Å². The summed E-state index contributed by atoms with van der Waals surface area (Å²) in [5, 5.41) is 23.8. The maximum Gasteiger partial charge on any atom is 0.270 e. The number of hydrogen-bond donors (Lipinski definition) is 0. The van der Waals surface area contributed by atoms with E-state index in [4.69, 9.17) is 4.74 Å². The van der Waals surface area contributed by atoms with Gasteiger partial charge in [0.15, 0.2) is 8.46 Å². The molecule has 0 heterocycles. The minimum Gasteiger partial charge on any atom is -0.457 e. The smallest absolute Gasteiger partial charge is 0.270 e. The zero-order valence-electron chi connectivity index (χ0n) is 26.7. The third-order valence-corrected chi connectivity index (χ3v) is 11.4. The first-order valence-electron chi connectivity index (χ1n) is 16.7. The zero-order valence-corrected chi connectivity index (χ0v) is 27.6. The van der Waals surface area contributed by atoms with E-state index in [0.717, 1.165) is 34.6 Å². The summed E-state index contributed by atoms with van der Waals surface area (Å²) in [6.45, 7) is 0. The summed E-state index contributed by atoms with van der Waals surface area (Å²) in [7, 11) is -0.292. The predicted octanol–water partition coefficient (Wildman–Crippen LogP) is 10.7. The van der Waals surface area contributed by atoms with E-state index in [1.54, 1.807) is 30.3 Å². The van der Waals surface area contributed by atoms with E-state index in [9.17, 15) is 24.8 Å². The molecule has 5 aromatic rings. The molecular weight excluding hydrogens is 635 g/mol. The van der Waals surface area contributed by atoms with Gasteiger partial charge in [-0.1, -0.05) is 54.6 Å². The normalized spacial score (nSPS) is 22.2. The topological polar surface area (TPSA) is 113 Å². The van der Waals surface area contributed by atoms with Gasteiger partial charge in [-0.05, 0) is 125 Å². The Morgan fingerprint density at radius 2 is 1.12 bits per heavy atom. The van der Waals surface area contributed by atoms with Crippen molar-refractivity contribution in [3.63, 3.8) is 0 Å². The molecule has 9 heteroatoms. The standard InChI is InChI=1S/C40H33N2O6P/c43-41(44)32-5-1-3-29(20-32)38-36(15-16-37(49-47)39(38)30-4-2-6-33(21-30)42(45)46)28-7-11-34(12-8-28)48-35-13-9-31(10-14-35)40-22-25-17-26(23-40)19-27(18-25)24-40/h1-16,20-21,25-27H,17-19,22-24H2. The Labute approximate surface area is 285 Å². The third-order valence-electron chi connectivity index (χ3n) is 10.9. The van der Waals surface area contributed by atoms with Crippen LogP contribution >= 0.6 is 8.46 Å². The van der Waals surface area contributed by atoms with Crippen molar-refractivity contribution in [2.45, 2.75) is 43.9 Å². The van der Waals surface area contributed by atoms with Gasteiger partial charge in [-0.2, -0.15) is 0 Å². The number of nitrogens with zero attached hydrogens (tertiary/aromatic N) is 2. The fraction of sp³-hybridized carbons (Fsp3) is 0.250. The summed E-state index contributed by atoms with van der Waals surface area (Å²) in [4.78, 5) is 22.5. The Kier molecular flexibility index (Phi) is 7.84. The Balaban J connectivity index is 1.14. The summed E-state index contributed by atoms with van der Waals surface area (Å²) >= 11 is 0. The van der Waals surface area contributed by atoms with Crippen LogP contribution in [0.1, 0.15) is 44.1 Å². The van der Waals surface area contributed by atoms with Crippen LogP contribution in [-0.2, 0) is 9.98 Å². The Morgan fingerprint density at radius 3 is 1.63 bits per heavy atom. The quantitative estimate of drug-likeness (QED) is 0.0877. The van der Waals surface area contributed by atoms with E-state index in [1.165, 1.54) is 68.4 Å². The van der Waals surface area contributed by atoms with E-state index >= 15 is 0 Å². The Bertz CT molecular complexity index is 2080. The second-order valence-electron chi connectivity index (χ2n) is 13.9. The fourth-order valence-electron chi connectivity index (χ4n) is 9.23. The summed E-state index contributed by atoms with van der Waals surface area (Å²) in [5.41, 5.74) is 5.16. The van der Waals surface area contributed by atoms with E-state index in [-0.39, 0.29) is 19.8 Å². The molecule has 0 aliphatic heterocycles. The van der Waals surface area contributed by atoms with Crippen molar-refractivity contribution in [3.05, 3.63) is 135 Å². The zero-order chi connectivity index (χ0) is 33.7. The van der Waals surface area contributed by atoms with E-state index < -0.39 is 9.85 Å². The number of nitro groups is 2. The predicted molar refractivity (Wildman–Crippen MR) is 190 cm³/mol. The molecule has 4 aliphatic rings. The lowest BCUT2D eigenvalue weighted by Crippen LogP contribution is -2.48. The lowest BCUT2D eigenvalue weighted by Gasteiger charge is -2.57. The minimum atomic E-state index is -0.482.